The summed E-state index contributed by atoms with van der Waals surface area (Å²) >= 11 is 0. The lowest BCUT2D eigenvalue weighted by Gasteiger charge is -2.41. The minimum absolute atomic E-state index is 0.00384. The van der Waals surface area contributed by atoms with Crippen LogP contribution in [-0.4, -0.2) is 18.9 Å². The van der Waals surface area contributed by atoms with Crippen molar-refractivity contribution < 1.29 is 14.3 Å². The number of hydrogen-bond acceptors (Lipinski definition) is 3. The average Bonchev–Trinajstić information content (AvgIpc) is 2.81. The van der Waals surface area contributed by atoms with Gasteiger partial charge in [-0.15, -0.1) is 0 Å². The van der Waals surface area contributed by atoms with Crippen molar-refractivity contribution in [3.8, 4) is 5.75 Å². The summed E-state index contributed by atoms with van der Waals surface area (Å²) < 4.78 is 5.63. The van der Waals surface area contributed by atoms with Gasteiger partial charge in [-0.3, -0.25) is 9.59 Å². The van der Waals surface area contributed by atoms with Crippen molar-refractivity contribution in [1.82, 2.24) is 0 Å². The fourth-order valence-electron chi connectivity index (χ4n) is 4.32. The van der Waals surface area contributed by atoms with Crippen LogP contribution in [0.25, 0.3) is 0 Å². The zero-order chi connectivity index (χ0) is 22.7. The molecule has 1 N–H and O–H groups in total. The van der Waals surface area contributed by atoms with E-state index in [0.717, 1.165) is 28.1 Å². The molecule has 5 heteroatoms. The van der Waals surface area contributed by atoms with Crippen molar-refractivity contribution in [2.45, 2.75) is 32.7 Å². The Morgan fingerprint density at radius 3 is 2.22 bits per heavy atom. The largest absolute Gasteiger partial charge is 0.496 e. The number of nitrogens with zero attached hydrogens (tertiary/aromatic N) is 1. The molecule has 164 valence electrons. The Morgan fingerprint density at radius 1 is 0.938 bits per heavy atom. The van der Waals surface area contributed by atoms with Crippen LogP contribution in [0.5, 0.6) is 5.75 Å². The SMILES string of the molecule is COc1ccccc1[C@@H]1[C@H](C(=O)Nc2ccc(C)cc2)CCC(=O)N1c1ccc(C)cc1. The van der Waals surface area contributed by atoms with E-state index in [0.29, 0.717) is 18.6 Å². The van der Waals surface area contributed by atoms with Crippen LogP contribution < -0.4 is 15.0 Å². The maximum absolute atomic E-state index is 13.5. The van der Waals surface area contributed by atoms with Crippen molar-refractivity contribution in [1.29, 1.82) is 0 Å². The quantitative estimate of drug-likeness (QED) is 0.589. The Balaban J connectivity index is 1.77. The van der Waals surface area contributed by atoms with Gasteiger partial charge >= 0.3 is 0 Å². The van der Waals surface area contributed by atoms with E-state index in [4.69, 9.17) is 4.74 Å². The lowest BCUT2D eigenvalue weighted by molar-refractivity contribution is -0.125. The van der Waals surface area contributed by atoms with Crippen LogP contribution in [0.3, 0.4) is 0 Å². The Kier molecular flexibility index (Phi) is 6.26. The van der Waals surface area contributed by atoms with Gasteiger partial charge in [0.25, 0.3) is 0 Å². The van der Waals surface area contributed by atoms with Crippen molar-refractivity contribution >= 4 is 23.2 Å². The molecule has 2 atom stereocenters. The lowest BCUT2D eigenvalue weighted by atomic mass is 9.82. The number of hydrogen-bond donors (Lipinski definition) is 1. The molecule has 3 aromatic rings. The molecule has 32 heavy (non-hydrogen) atoms. The molecule has 1 saturated heterocycles. The third-order valence-corrected chi connectivity index (χ3v) is 6.02. The zero-order valence-electron chi connectivity index (χ0n) is 18.7. The standard InChI is InChI=1S/C27H28N2O3/c1-18-8-12-20(13-9-18)28-27(31)23-16-17-25(30)29(21-14-10-19(2)11-15-21)26(23)22-6-4-5-7-24(22)32-3/h4-15,23,26H,16-17H2,1-3H3,(H,28,31)/t23-,26-/m1/s1. The van der Waals surface area contributed by atoms with Gasteiger partial charge in [0, 0.05) is 23.4 Å². The summed E-state index contributed by atoms with van der Waals surface area (Å²) in [6.07, 6.45) is 0.785. The highest BCUT2D eigenvalue weighted by Gasteiger charge is 2.42. The first kappa shape index (κ1) is 21.6. The molecule has 0 bridgehead atoms. The van der Waals surface area contributed by atoms with Gasteiger partial charge in [0.05, 0.1) is 19.1 Å². The molecule has 1 aliphatic rings. The molecule has 0 radical (unpaired) electrons. The monoisotopic (exact) mass is 428 g/mol. The van der Waals surface area contributed by atoms with Crippen LogP contribution in [0, 0.1) is 19.8 Å². The van der Waals surface area contributed by atoms with Gasteiger partial charge in [-0.05, 0) is 50.6 Å². The number of ether oxygens (including phenoxy) is 1. The van der Waals surface area contributed by atoms with Crippen LogP contribution in [-0.2, 0) is 9.59 Å². The second-order valence-corrected chi connectivity index (χ2v) is 8.29. The number of carbonyl (C=O) groups is 2. The molecule has 0 saturated carbocycles. The molecule has 1 heterocycles. The Hall–Kier alpha value is -3.60. The van der Waals surface area contributed by atoms with Crippen molar-refractivity contribution in [2.75, 3.05) is 17.3 Å². The van der Waals surface area contributed by atoms with Crippen LogP contribution in [0.1, 0.15) is 35.6 Å². The van der Waals surface area contributed by atoms with Gasteiger partial charge in [0.1, 0.15) is 5.75 Å². The molecule has 0 aromatic heterocycles. The molecule has 2 amide bonds. The number of nitrogens with one attached hydrogen (secondary N) is 1. The Labute approximate surface area is 189 Å². The predicted molar refractivity (Wildman–Crippen MR) is 127 cm³/mol. The highest BCUT2D eigenvalue weighted by atomic mass is 16.5. The van der Waals surface area contributed by atoms with Gasteiger partial charge in [0.15, 0.2) is 0 Å². The topological polar surface area (TPSA) is 58.6 Å². The first-order valence-corrected chi connectivity index (χ1v) is 10.9. The first-order valence-electron chi connectivity index (χ1n) is 10.9. The number of methoxy groups -OCH3 is 1. The molecular weight excluding hydrogens is 400 g/mol. The number of anilines is 2. The molecular formula is C27H28N2O3. The van der Waals surface area contributed by atoms with Gasteiger partial charge in [-0.2, -0.15) is 0 Å². The van der Waals surface area contributed by atoms with Crippen molar-refractivity contribution in [2.24, 2.45) is 5.92 Å². The summed E-state index contributed by atoms with van der Waals surface area (Å²) in [6, 6.07) is 22.7. The fraction of sp³-hybridized carbons (Fsp3) is 0.259. The van der Waals surface area contributed by atoms with E-state index in [2.05, 4.69) is 5.32 Å². The molecule has 0 aliphatic carbocycles. The van der Waals surface area contributed by atoms with Crippen LogP contribution >= 0.6 is 0 Å². The molecule has 0 spiro atoms. The Morgan fingerprint density at radius 2 is 1.56 bits per heavy atom. The third kappa shape index (κ3) is 4.37. The van der Waals surface area contributed by atoms with Crippen LogP contribution in [0.15, 0.2) is 72.8 Å². The predicted octanol–water partition coefficient (Wildman–Crippen LogP) is 5.44. The van der Waals surface area contributed by atoms with E-state index in [1.165, 1.54) is 0 Å². The second kappa shape index (κ2) is 9.27. The highest BCUT2D eigenvalue weighted by molar-refractivity contribution is 6.00. The van der Waals surface area contributed by atoms with Crippen LogP contribution in [0.2, 0.25) is 0 Å². The molecule has 3 aromatic carbocycles. The third-order valence-electron chi connectivity index (χ3n) is 6.02. The number of aryl methyl sites for hydroxylation is 2. The number of benzene rings is 3. The number of piperidine rings is 1. The maximum Gasteiger partial charge on any atom is 0.229 e. The summed E-state index contributed by atoms with van der Waals surface area (Å²) in [4.78, 5) is 28.4. The fourth-order valence-corrected chi connectivity index (χ4v) is 4.32. The number of para-hydroxylation sites is 1. The molecule has 5 nitrogen and oxygen atoms in total. The summed E-state index contributed by atoms with van der Waals surface area (Å²) in [5.74, 6) is 0.141. The van der Waals surface area contributed by atoms with Crippen LogP contribution in [0.4, 0.5) is 11.4 Å². The van der Waals surface area contributed by atoms with Crippen molar-refractivity contribution in [3.05, 3.63) is 89.5 Å². The smallest absolute Gasteiger partial charge is 0.229 e. The highest BCUT2D eigenvalue weighted by Crippen LogP contribution is 2.43. The molecule has 0 unspecified atom stereocenters. The minimum Gasteiger partial charge on any atom is -0.496 e. The van der Waals surface area contributed by atoms with E-state index in [-0.39, 0.29) is 11.8 Å². The summed E-state index contributed by atoms with van der Waals surface area (Å²) in [5.41, 5.74) is 4.60. The maximum atomic E-state index is 13.5. The number of amides is 2. The lowest BCUT2D eigenvalue weighted by Crippen LogP contribution is -2.47. The van der Waals surface area contributed by atoms with E-state index in [1.807, 2.05) is 86.6 Å². The first-order chi connectivity index (χ1) is 15.5. The summed E-state index contributed by atoms with van der Waals surface area (Å²) in [6.45, 7) is 4.02. The number of rotatable bonds is 5. The normalized spacial score (nSPS) is 18.3. The van der Waals surface area contributed by atoms with E-state index >= 15 is 0 Å². The molecule has 4 rings (SSSR count). The number of carbonyl (C=O) groups excluding carboxylic acids is 2. The van der Waals surface area contributed by atoms with E-state index in [1.54, 1.807) is 12.0 Å². The second-order valence-electron chi connectivity index (χ2n) is 8.29. The average molecular weight is 429 g/mol. The van der Waals surface area contributed by atoms with E-state index in [9.17, 15) is 9.59 Å². The minimum atomic E-state index is -0.472. The summed E-state index contributed by atoms with van der Waals surface area (Å²) in [5, 5.41) is 3.05. The molecule has 1 aliphatic heterocycles. The Bertz CT molecular complexity index is 1110. The van der Waals surface area contributed by atoms with Gasteiger partial charge in [-0.25, -0.2) is 0 Å². The van der Waals surface area contributed by atoms with Gasteiger partial charge in [-0.1, -0.05) is 53.6 Å². The van der Waals surface area contributed by atoms with Gasteiger partial charge in [0.2, 0.25) is 11.8 Å². The zero-order valence-corrected chi connectivity index (χ0v) is 18.7. The van der Waals surface area contributed by atoms with Crippen molar-refractivity contribution in [3.63, 3.8) is 0 Å². The van der Waals surface area contributed by atoms with E-state index < -0.39 is 12.0 Å². The molecule has 1 fully saturated rings. The van der Waals surface area contributed by atoms with Gasteiger partial charge < -0.3 is 15.0 Å². The summed E-state index contributed by atoms with van der Waals surface area (Å²) in [7, 11) is 1.61.